The van der Waals surface area contributed by atoms with E-state index in [1.807, 2.05) is 36.4 Å². The smallest absolute Gasteiger partial charge is 0.300 e. The van der Waals surface area contributed by atoms with Crippen molar-refractivity contribution < 1.29 is 9.53 Å². The topological polar surface area (TPSA) is 92.3 Å². The van der Waals surface area contributed by atoms with Crippen LogP contribution in [0.1, 0.15) is 18.2 Å². The van der Waals surface area contributed by atoms with Crippen LogP contribution in [-0.4, -0.2) is 45.9 Å². The van der Waals surface area contributed by atoms with Gasteiger partial charge in [0, 0.05) is 36.3 Å². The van der Waals surface area contributed by atoms with Crippen molar-refractivity contribution in [2.45, 2.75) is 13.5 Å². The molecule has 1 saturated heterocycles. The van der Waals surface area contributed by atoms with E-state index in [9.17, 15) is 4.79 Å². The van der Waals surface area contributed by atoms with Gasteiger partial charge in [-0.3, -0.25) is 9.78 Å². The minimum Gasteiger partial charge on any atom is -0.486 e. The molecule has 0 spiro atoms. The van der Waals surface area contributed by atoms with Crippen LogP contribution in [-0.2, 0) is 11.4 Å². The number of fused-ring (bicyclic) bond motifs is 2. The van der Waals surface area contributed by atoms with Crippen LogP contribution in [0.4, 0.5) is 17.2 Å². The molecular formula is C32H27ClN6O2. The zero-order valence-corrected chi connectivity index (χ0v) is 23.4. The summed E-state index contributed by atoms with van der Waals surface area (Å²) in [5.41, 5.74) is 3.49. The van der Waals surface area contributed by atoms with Crippen molar-refractivity contribution in [1.82, 2.24) is 19.9 Å². The van der Waals surface area contributed by atoms with Crippen molar-refractivity contribution in [3.8, 4) is 29.4 Å². The van der Waals surface area contributed by atoms with E-state index in [-0.39, 0.29) is 0 Å². The van der Waals surface area contributed by atoms with Crippen molar-refractivity contribution in [3.05, 3.63) is 77.3 Å². The second-order valence-electron chi connectivity index (χ2n) is 10.2. The van der Waals surface area contributed by atoms with Crippen LogP contribution < -0.4 is 15.4 Å². The lowest BCUT2D eigenvalue weighted by molar-refractivity contribution is -0.111. The Morgan fingerprint density at radius 3 is 2.73 bits per heavy atom. The molecule has 41 heavy (non-hydrogen) atoms. The largest absolute Gasteiger partial charge is 0.486 e. The Morgan fingerprint density at radius 2 is 1.98 bits per heavy atom. The van der Waals surface area contributed by atoms with Crippen molar-refractivity contribution in [2.75, 3.05) is 30.8 Å². The van der Waals surface area contributed by atoms with Gasteiger partial charge in [-0.05, 0) is 74.2 Å². The van der Waals surface area contributed by atoms with Gasteiger partial charge in [-0.15, -0.1) is 0 Å². The molecule has 4 aromatic rings. The van der Waals surface area contributed by atoms with Crippen LogP contribution in [0, 0.1) is 41.4 Å². The molecule has 1 saturated carbocycles. The molecule has 204 valence electrons. The number of hydrogen-bond acceptors (Lipinski definition) is 7. The summed E-state index contributed by atoms with van der Waals surface area (Å²) in [6.45, 7) is 4.10. The number of pyridine rings is 1. The number of halogens is 1. The van der Waals surface area contributed by atoms with E-state index in [2.05, 4.69) is 61.2 Å². The number of rotatable bonds is 6. The molecule has 1 aliphatic heterocycles. The number of hydrogen-bond donors (Lipinski definition) is 2. The van der Waals surface area contributed by atoms with Crippen LogP contribution >= 0.6 is 11.6 Å². The van der Waals surface area contributed by atoms with E-state index in [0.717, 1.165) is 24.5 Å². The molecule has 2 fully saturated rings. The number of aromatic nitrogens is 3. The summed E-state index contributed by atoms with van der Waals surface area (Å²) in [5, 5.41) is 7.38. The van der Waals surface area contributed by atoms with Gasteiger partial charge in [0.2, 0.25) is 0 Å². The Morgan fingerprint density at radius 1 is 1.12 bits per heavy atom. The van der Waals surface area contributed by atoms with Gasteiger partial charge in [-0.25, -0.2) is 9.97 Å². The van der Waals surface area contributed by atoms with Crippen molar-refractivity contribution >= 4 is 45.6 Å². The zero-order valence-electron chi connectivity index (χ0n) is 22.6. The minimum atomic E-state index is -0.403. The normalized spacial score (nSPS) is 18.9. The third-order valence-corrected chi connectivity index (χ3v) is 7.60. The fraction of sp³-hybridized carbons (Fsp3) is 0.250. The maximum Gasteiger partial charge on any atom is 0.300 e. The molecular weight excluding hydrogens is 536 g/mol. The number of carbonyl (C=O) groups is 1. The highest BCUT2D eigenvalue weighted by atomic mass is 35.5. The Kier molecular flexibility index (Phi) is 7.43. The second kappa shape index (κ2) is 11.5. The molecule has 1 amide bonds. The van der Waals surface area contributed by atoms with Crippen LogP contribution in [0.15, 0.2) is 61.1 Å². The number of piperidine rings is 1. The summed E-state index contributed by atoms with van der Waals surface area (Å²) in [6.07, 6.45) is 3.22. The van der Waals surface area contributed by atoms with Gasteiger partial charge >= 0.3 is 0 Å². The molecule has 0 radical (unpaired) electrons. The molecule has 3 atom stereocenters. The summed E-state index contributed by atoms with van der Waals surface area (Å²) < 4.78 is 5.84. The first kappa shape index (κ1) is 26.6. The predicted molar refractivity (Wildman–Crippen MR) is 160 cm³/mol. The molecule has 9 heteroatoms. The molecule has 2 aliphatic rings. The Labute approximate surface area is 243 Å². The van der Waals surface area contributed by atoms with Crippen LogP contribution in [0.25, 0.3) is 10.9 Å². The molecule has 3 heterocycles. The van der Waals surface area contributed by atoms with Gasteiger partial charge in [0.15, 0.2) is 0 Å². The predicted octanol–water partition coefficient (Wildman–Crippen LogP) is 5.12. The molecule has 2 aromatic heterocycles. The number of carbonyl (C=O) groups excluding carboxylic acids is 1. The summed E-state index contributed by atoms with van der Waals surface area (Å²) in [7, 11) is 2.15. The lowest BCUT2D eigenvalue weighted by Gasteiger charge is -2.13. The summed E-state index contributed by atoms with van der Waals surface area (Å²) in [5.74, 6) is 14.3. The van der Waals surface area contributed by atoms with Crippen molar-refractivity contribution in [3.63, 3.8) is 0 Å². The molecule has 8 nitrogen and oxygen atoms in total. The van der Waals surface area contributed by atoms with Crippen LogP contribution in [0.3, 0.4) is 0 Å². The number of ether oxygens (including phenoxy) is 1. The highest BCUT2D eigenvalue weighted by Crippen LogP contribution is 2.50. The number of nitrogens with one attached hydrogen (secondary N) is 2. The molecule has 6 rings (SSSR count). The van der Waals surface area contributed by atoms with Gasteiger partial charge in [0.05, 0.1) is 27.5 Å². The third-order valence-electron chi connectivity index (χ3n) is 7.31. The van der Waals surface area contributed by atoms with E-state index in [0.29, 0.717) is 63.1 Å². The maximum atomic E-state index is 12.4. The van der Waals surface area contributed by atoms with Gasteiger partial charge in [0.25, 0.3) is 5.91 Å². The highest BCUT2D eigenvalue weighted by molar-refractivity contribution is 6.32. The number of benzene rings is 2. The molecule has 2 aromatic carbocycles. The van der Waals surface area contributed by atoms with Crippen molar-refractivity contribution in [2.24, 2.45) is 17.8 Å². The SMILES string of the molecule is CC#CC(=O)Nc1cc2c(Nc3ccc(OCc4ccccn4)c(Cl)c3)ncnc2cc1C#C[C@@H]1[C@H]2CN(C)C[C@@H]12. The molecule has 0 bridgehead atoms. The van der Waals surface area contributed by atoms with E-state index in [1.165, 1.54) is 6.33 Å². The Hall–Kier alpha value is -4.63. The number of amides is 1. The number of anilines is 3. The van der Waals surface area contributed by atoms with Gasteiger partial charge in [-0.1, -0.05) is 35.4 Å². The Balaban J connectivity index is 1.26. The number of likely N-dealkylation sites (tertiary alicyclic amines) is 1. The van der Waals surface area contributed by atoms with Gasteiger partial charge in [-0.2, -0.15) is 0 Å². The van der Waals surface area contributed by atoms with E-state index < -0.39 is 5.91 Å². The van der Waals surface area contributed by atoms with E-state index in [1.54, 1.807) is 25.3 Å². The minimum absolute atomic E-state index is 0.311. The first-order chi connectivity index (χ1) is 20.0. The lowest BCUT2D eigenvalue weighted by atomic mass is 10.1. The lowest BCUT2D eigenvalue weighted by Crippen LogP contribution is -2.18. The standard InChI is InChI=1S/C32H27ClN6O2/c1-3-6-31(40)38-28-15-24-29(13-20(28)8-10-23-25-16-39(2)17-26(23)25)35-19-36-32(24)37-21-9-11-30(27(33)14-21)41-18-22-7-4-5-12-34-22/h4-5,7,9,11-15,19,23,25-26H,16-18H2,1-2H3,(H,38,40)(H,35,36,37)/t23-,25-,26+. The number of nitrogens with zero attached hydrogens (tertiary/aromatic N) is 4. The van der Waals surface area contributed by atoms with Crippen molar-refractivity contribution in [1.29, 1.82) is 0 Å². The van der Waals surface area contributed by atoms with E-state index in [4.69, 9.17) is 16.3 Å². The average molecular weight is 563 g/mol. The van der Waals surface area contributed by atoms with Gasteiger partial charge in [0.1, 0.15) is 24.5 Å². The quantitative estimate of drug-likeness (QED) is 0.315. The van der Waals surface area contributed by atoms with Gasteiger partial charge < -0.3 is 20.3 Å². The first-order valence-electron chi connectivity index (χ1n) is 13.3. The van der Waals surface area contributed by atoms with Crippen LogP contribution in [0.2, 0.25) is 5.02 Å². The Bertz CT molecular complexity index is 1740. The molecule has 0 unspecified atom stereocenters. The summed E-state index contributed by atoms with van der Waals surface area (Å²) >= 11 is 6.53. The maximum absolute atomic E-state index is 12.4. The van der Waals surface area contributed by atoms with E-state index >= 15 is 0 Å². The zero-order chi connectivity index (χ0) is 28.3. The highest BCUT2D eigenvalue weighted by Gasteiger charge is 2.53. The molecule has 1 aliphatic carbocycles. The third kappa shape index (κ3) is 5.95. The fourth-order valence-electron chi connectivity index (χ4n) is 5.26. The monoisotopic (exact) mass is 562 g/mol. The van der Waals surface area contributed by atoms with Crippen LogP contribution in [0.5, 0.6) is 5.75 Å². The summed E-state index contributed by atoms with van der Waals surface area (Å²) in [4.78, 5) is 28.0. The average Bonchev–Trinajstić information content (AvgIpc) is 3.43. The summed E-state index contributed by atoms with van der Waals surface area (Å²) in [6, 6.07) is 14.8. The molecule has 2 N–H and O–H groups in total. The second-order valence-corrected chi connectivity index (χ2v) is 10.6. The first-order valence-corrected chi connectivity index (χ1v) is 13.7. The fourth-order valence-corrected chi connectivity index (χ4v) is 5.49.